The number of aryl methyl sites for hydroxylation is 1. The summed E-state index contributed by atoms with van der Waals surface area (Å²) >= 11 is 0. The standard InChI is InChI=1S/C32H41N3O4S/c1-4-5-22-33-32(37)30(24-27-13-8-6-9-14-27)34(25-28-15-10-7-11-16-28)31(36)17-12-23-35(40(3,38)39)29-20-18-26(2)19-21-29/h6-11,13-16,18-21,30H,4-5,12,17,22-25H2,1-3H3,(H,33,37)/t30-/m1/s1. The van der Waals surface area contributed by atoms with Crippen molar-refractivity contribution in [1.29, 1.82) is 0 Å². The molecule has 0 aliphatic carbocycles. The Morgan fingerprint density at radius 2 is 1.45 bits per heavy atom. The zero-order chi connectivity index (χ0) is 29.0. The number of amides is 2. The average molecular weight is 564 g/mol. The quantitative estimate of drug-likeness (QED) is 0.261. The fraction of sp³-hybridized carbons (Fsp3) is 0.375. The lowest BCUT2D eigenvalue weighted by atomic mass is 10.0. The first-order chi connectivity index (χ1) is 19.2. The molecule has 7 nitrogen and oxygen atoms in total. The molecule has 0 radical (unpaired) electrons. The molecule has 8 heteroatoms. The number of anilines is 1. The van der Waals surface area contributed by atoms with Crippen molar-refractivity contribution >= 4 is 27.5 Å². The first kappa shape index (κ1) is 30.9. The van der Waals surface area contributed by atoms with E-state index in [9.17, 15) is 18.0 Å². The van der Waals surface area contributed by atoms with Crippen LogP contribution in [0.15, 0.2) is 84.9 Å². The predicted octanol–water partition coefficient (Wildman–Crippen LogP) is 5.10. The van der Waals surface area contributed by atoms with Gasteiger partial charge in [0, 0.05) is 32.5 Å². The van der Waals surface area contributed by atoms with Gasteiger partial charge in [-0.2, -0.15) is 0 Å². The molecule has 0 unspecified atom stereocenters. The van der Waals surface area contributed by atoms with Crippen LogP contribution in [0.25, 0.3) is 0 Å². The van der Waals surface area contributed by atoms with Gasteiger partial charge in [0.15, 0.2) is 0 Å². The maximum atomic E-state index is 13.8. The molecule has 0 heterocycles. The summed E-state index contributed by atoms with van der Waals surface area (Å²) in [4.78, 5) is 28.9. The predicted molar refractivity (Wildman–Crippen MR) is 161 cm³/mol. The van der Waals surface area contributed by atoms with Crippen molar-refractivity contribution in [1.82, 2.24) is 10.2 Å². The summed E-state index contributed by atoms with van der Waals surface area (Å²) in [6.07, 6.45) is 3.80. The minimum absolute atomic E-state index is 0.109. The first-order valence-electron chi connectivity index (χ1n) is 13.9. The number of benzene rings is 3. The van der Waals surface area contributed by atoms with Crippen LogP contribution < -0.4 is 9.62 Å². The van der Waals surface area contributed by atoms with Crippen LogP contribution >= 0.6 is 0 Å². The number of hydrogen-bond acceptors (Lipinski definition) is 4. The summed E-state index contributed by atoms with van der Waals surface area (Å²) in [5.74, 6) is -0.369. The highest BCUT2D eigenvalue weighted by Gasteiger charge is 2.30. The molecule has 40 heavy (non-hydrogen) atoms. The van der Waals surface area contributed by atoms with Gasteiger partial charge in [-0.1, -0.05) is 91.7 Å². The third-order valence-corrected chi connectivity index (χ3v) is 7.96. The Balaban J connectivity index is 1.84. The van der Waals surface area contributed by atoms with Crippen LogP contribution in [0.5, 0.6) is 0 Å². The van der Waals surface area contributed by atoms with Crippen molar-refractivity contribution in [2.24, 2.45) is 0 Å². The van der Waals surface area contributed by atoms with Gasteiger partial charge in [0.05, 0.1) is 11.9 Å². The maximum Gasteiger partial charge on any atom is 0.243 e. The molecule has 0 spiro atoms. The Hall–Kier alpha value is -3.65. The van der Waals surface area contributed by atoms with Crippen LogP contribution in [-0.2, 0) is 32.6 Å². The zero-order valence-corrected chi connectivity index (χ0v) is 24.6. The zero-order valence-electron chi connectivity index (χ0n) is 23.8. The van der Waals surface area contributed by atoms with Crippen molar-refractivity contribution < 1.29 is 18.0 Å². The highest BCUT2D eigenvalue weighted by atomic mass is 32.2. The second-order valence-electron chi connectivity index (χ2n) is 10.1. The third-order valence-electron chi connectivity index (χ3n) is 6.77. The van der Waals surface area contributed by atoms with E-state index in [-0.39, 0.29) is 31.3 Å². The summed E-state index contributed by atoms with van der Waals surface area (Å²) in [6.45, 7) is 5.01. The summed E-state index contributed by atoms with van der Waals surface area (Å²) in [5.41, 5.74) is 3.49. The third kappa shape index (κ3) is 9.52. The Bertz CT molecular complexity index is 1310. The molecule has 0 saturated carbocycles. The van der Waals surface area contributed by atoms with Crippen LogP contribution in [0, 0.1) is 6.92 Å². The molecule has 3 aromatic carbocycles. The molecule has 3 rings (SSSR count). The molecule has 1 N–H and O–H groups in total. The van der Waals surface area contributed by atoms with E-state index in [1.165, 1.54) is 10.6 Å². The summed E-state index contributed by atoms with van der Waals surface area (Å²) in [7, 11) is -3.54. The maximum absolute atomic E-state index is 13.8. The van der Waals surface area contributed by atoms with Crippen LogP contribution in [-0.4, -0.2) is 50.5 Å². The average Bonchev–Trinajstić information content (AvgIpc) is 2.94. The molecule has 2 amide bonds. The van der Waals surface area contributed by atoms with Gasteiger partial charge in [-0.25, -0.2) is 8.42 Å². The lowest BCUT2D eigenvalue weighted by Gasteiger charge is -2.32. The second-order valence-corrected chi connectivity index (χ2v) is 12.0. The number of carbonyl (C=O) groups excluding carboxylic acids is 2. The van der Waals surface area contributed by atoms with Gasteiger partial charge in [-0.15, -0.1) is 0 Å². The van der Waals surface area contributed by atoms with Gasteiger partial charge in [0.25, 0.3) is 0 Å². The van der Waals surface area contributed by atoms with Gasteiger partial charge in [-0.05, 0) is 43.0 Å². The minimum Gasteiger partial charge on any atom is -0.354 e. The van der Waals surface area contributed by atoms with Crippen molar-refractivity contribution in [2.75, 3.05) is 23.7 Å². The van der Waals surface area contributed by atoms with E-state index in [4.69, 9.17) is 0 Å². The monoisotopic (exact) mass is 563 g/mol. The summed E-state index contributed by atoms with van der Waals surface area (Å²) in [5, 5.41) is 3.02. The highest BCUT2D eigenvalue weighted by molar-refractivity contribution is 7.92. The van der Waals surface area contributed by atoms with E-state index in [0.29, 0.717) is 25.1 Å². The number of rotatable bonds is 15. The van der Waals surface area contributed by atoms with Crippen molar-refractivity contribution in [3.63, 3.8) is 0 Å². The van der Waals surface area contributed by atoms with Crippen molar-refractivity contribution in [3.05, 3.63) is 102 Å². The molecule has 0 saturated heterocycles. The van der Waals surface area contributed by atoms with Gasteiger partial charge < -0.3 is 10.2 Å². The number of unbranched alkanes of at least 4 members (excludes halogenated alkanes) is 1. The smallest absolute Gasteiger partial charge is 0.243 e. The van der Waals surface area contributed by atoms with Gasteiger partial charge in [0.1, 0.15) is 6.04 Å². The lowest BCUT2D eigenvalue weighted by molar-refractivity contribution is -0.141. The summed E-state index contributed by atoms with van der Waals surface area (Å²) in [6, 6.07) is 25.9. The van der Waals surface area contributed by atoms with E-state index in [1.54, 1.807) is 17.0 Å². The van der Waals surface area contributed by atoms with Crippen LogP contribution in [0.3, 0.4) is 0 Å². The normalized spacial score (nSPS) is 12.0. The SMILES string of the molecule is CCCCNC(=O)[C@@H](Cc1ccccc1)N(Cc1ccccc1)C(=O)CCCN(c1ccc(C)cc1)S(C)(=O)=O. The molecule has 0 aromatic heterocycles. The van der Waals surface area contributed by atoms with E-state index in [0.717, 1.165) is 29.5 Å². The molecule has 0 aliphatic heterocycles. The fourth-order valence-corrected chi connectivity index (χ4v) is 5.52. The molecule has 3 aromatic rings. The number of hydrogen-bond donors (Lipinski definition) is 1. The molecule has 0 bridgehead atoms. The van der Waals surface area contributed by atoms with Crippen molar-refractivity contribution in [2.45, 2.75) is 58.5 Å². The fourth-order valence-electron chi connectivity index (χ4n) is 4.56. The minimum atomic E-state index is -3.54. The first-order valence-corrected chi connectivity index (χ1v) is 15.7. The number of carbonyl (C=O) groups is 2. The highest BCUT2D eigenvalue weighted by Crippen LogP contribution is 2.20. The van der Waals surface area contributed by atoms with E-state index in [1.807, 2.05) is 79.7 Å². The molecule has 0 fully saturated rings. The summed E-state index contributed by atoms with van der Waals surface area (Å²) < 4.78 is 26.5. The largest absolute Gasteiger partial charge is 0.354 e. The van der Waals surface area contributed by atoms with Crippen LogP contribution in [0.1, 0.15) is 49.3 Å². The van der Waals surface area contributed by atoms with Gasteiger partial charge in [0.2, 0.25) is 21.8 Å². The molecule has 214 valence electrons. The lowest BCUT2D eigenvalue weighted by Crippen LogP contribution is -2.50. The van der Waals surface area contributed by atoms with E-state index in [2.05, 4.69) is 12.2 Å². The van der Waals surface area contributed by atoms with Gasteiger partial charge >= 0.3 is 0 Å². The molecule has 0 aliphatic rings. The number of nitrogens with one attached hydrogen (secondary N) is 1. The number of sulfonamides is 1. The van der Waals surface area contributed by atoms with Crippen molar-refractivity contribution in [3.8, 4) is 0 Å². The second kappa shape index (κ2) is 15.2. The Kier molecular flexibility index (Phi) is 11.8. The molecule has 1 atom stereocenters. The Morgan fingerprint density at radius 3 is 2.02 bits per heavy atom. The topological polar surface area (TPSA) is 86.8 Å². The van der Waals surface area contributed by atoms with Gasteiger partial charge in [-0.3, -0.25) is 13.9 Å². The molecular weight excluding hydrogens is 522 g/mol. The number of nitrogens with zero attached hydrogens (tertiary/aromatic N) is 2. The Labute approximate surface area is 239 Å². The van der Waals surface area contributed by atoms with E-state index >= 15 is 0 Å². The Morgan fingerprint density at radius 1 is 0.850 bits per heavy atom. The molecular formula is C32H41N3O4S. The van der Waals surface area contributed by atoms with Crippen LogP contribution in [0.2, 0.25) is 0 Å². The van der Waals surface area contributed by atoms with E-state index < -0.39 is 16.1 Å². The van der Waals surface area contributed by atoms with Crippen LogP contribution in [0.4, 0.5) is 5.69 Å².